The molecule has 0 aromatic heterocycles. The molecule has 7 nitrogen and oxygen atoms in total. The normalized spacial score (nSPS) is 22.7. The first kappa shape index (κ1) is 25.4. The first-order chi connectivity index (χ1) is 13.8. The van der Waals surface area contributed by atoms with E-state index in [0.717, 1.165) is 12.4 Å². The maximum atomic E-state index is 12.5. The van der Waals surface area contributed by atoms with Gasteiger partial charge in [0.05, 0.1) is 18.5 Å². The zero-order valence-electron chi connectivity index (χ0n) is 18.4. The van der Waals surface area contributed by atoms with Gasteiger partial charge in [-0.05, 0) is 38.3 Å². The van der Waals surface area contributed by atoms with Crippen LogP contribution in [0.2, 0.25) is 0 Å². The van der Waals surface area contributed by atoms with Crippen molar-refractivity contribution in [1.82, 2.24) is 14.5 Å². The minimum Gasteiger partial charge on any atom is -0.378 e. The van der Waals surface area contributed by atoms with Gasteiger partial charge in [0.1, 0.15) is 0 Å². The fourth-order valence-corrected chi connectivity index (χ4v) is 5.15. The fraction of sp³-hybridized carbons (Fsp3) is 0.667. The van der Waals surface area contributed by atoms with E-state index in [9.17, 15) is 8.42 Å². The van der Waals surface area contributed by atoms with Crippen molar-refractivity contribution in [2.45, 2.75) is 45.3 Å². The smallest absolute Gasteiger partial charge is 0.216 e. The van der Waals surface area contributed by atoms with Gasteiger partial charge in [-0.25, -0.2) is 8.42 Å². The molecule has 2 atom stereocenters. The van der Waals surface area contributed by atoms with Crippen LogP contribution in [0.4, 0.5) is 0 Å². The summed E-state index contributed by atoms with van der Waals surface area (Å²) in [5.74, 6) is 1.43. The molecule has 2 unspecified atom stereocenters. The van der Waals surface area contributed by atoms with E-state index in [2.05, 4.69) is 46.4 Å². The first-order valence-electron chi connectivity index (χ1n) is 10.4. The third-order valence-corrected chi connectivity index (χ3v) is 7.46. The molecule has 1 saturated carbocycles. The highest BCUT2D eigenvalue weighted by atomic mass is 127. The molecule has 0 spiro atoms. The molecule has 1 saturated heterocycles. The quantitative estimate of drug-likeness (QED) is 0.321. The molecule has 30 heavy (non-hydrogen) atoms. The summed E-state index contributed by atoms with van der Waals surface area (Å²) in [7, 11) is -1.48. The highest BCUT2D eigenvalue weighted by Gasteiger charge is 2.40. The van der Waals surface area contributed by atoms with E-state index in [4.69, 9.17) is 4.74 Å². The van der Waals surface area contributed by atoms with Crippen molar-refractivity contribution in [1.29, 1.82) is 0 Å². The third kappa shape index (κ3) is 6.54. The van der Waals surface area contributed by atoms with Crippen molar-refractivity contribution in [2.24, 2.45) is 4.99 Å². The monoisotopic (exact) mass is 550 g/mol. The van der Waals surface area contributed by atoms with Gasteiger partial charge in [-0.2, -0.15) is 4.31 Å². The lowest BCUT2D eigenvalue weighted by Crippen LogP contribution is -2.54. The average molecular weight is 551 g/mol. The number of benzene rings is 1. The Morgan fingerprint density at radius 2 is 1.90 bits per heavy atom. The van der Waals surface area contributed by atoms with Gasteiger partial charge >= 0.3 is 0 Å². The number of nitrogens with one attached hydrogen (secondary N) is 1. The lowest BCUT2D eigenvalue weighted by atomic mass is 10.0. The summed E-state index contributed by atoms with van der Waals surface area (Å²) in [6, 6.07) is 8.93. The van der Waals surface area contributed by atoms with E-state index < -0.39 is 10.0 Å². The summed E-state index contributed by atoms with van der Waals surface area (Å²) in [5.41, 5.74) is 2.73. The molecule has 1 aliphatic carbocycles. The van der Waals surface area contributed by atoms with Crippen LogP contribution >= 0.6 is 24.0 Å². The fourth-order valence-electron chi connectivity index (χ4n) is 3.86. The van der Waals surface area contributed by atoms with Gasteiger partial charge in [0.25, 0.3) is 0 Å². The topological polar surface area (TPSA) is 74.2 Å². The van der Waals surface area contributed by atoms with Gasteiger partial charge in [0.15, 0.2) is 5.96 Å². The van der Waals surface area contributed by atoms with Crippen LogP contribution in [0, 0.1) is 6.92 Å². The van der Waals surface area contributed by atoms with Crippen molar-refractivity contribution in [3.05, 3.63) is 35.4 Å². The molecule has 1 aromatic rings. The summed E-state index contributed by atoms with van der Waals surface area (Å²) in [6.07, 6.45) is 1.15. The molecule has 1 N–H and O–H groups in total. The first-order valence-corrected chi connectivity index (χ1v) is 12.1. The van der Waals surface area contributed by atoms with Crippen LogP contribution in [0.25, 0.3) is 0 Å². The molecule has 0 bridgehead atoms. The maximum absolute atomic E-state index is 12.5. The van der Waals surface area contributed by atoms with Gasteiger partial charge in [0.2, 0.25) is 10.0 Å². The Labute approximate surface area is 198 Å². The van der Waals surface area contributed by atoms with Gasteiger partial charge in [-0.1, -0.05) is 24.3 Å². The highest BCUT2D eigenvalue weighted by Crippen LogP contribution is 2.42. The van der Waals surface area contributed by atoms with Crippen LogP contribution in [0.5, 0.6) is 0 Å². The number of guanidine groups is 1. The summed E-state index contributed by atoms with van der Waals surface area (Å²) < 4.78 is 32.0. The van der Waals surface area contributed by atoms with E-state index in [1.54, 1.807) is 11.4 Å². The van der Waals surface area contributed by atoms with E-state index in [-0.39, 0.29) is 42.4 Å². The van der Waals surface area contributed by atoms with Crippen molar-refractivity contribution in [2.75, 3.05) is 45.6 Å². The van der Waals surface area contributed by atoms with Crippen molar-refractivity contribution in [3.8, 4) is 0 Å². The predicted octanol–water partition coefficient (Wildman–Crippen LogP) is 2.42. The minimum absolute atomic E-state index is 0. The molecule has 0 amide bonds. The predicted molar refractivity (Wildman–Crippen MR) is 132 cm³/mol. The molecule has 2 fully saturated rings. The second kappa shape index (κ2) is 11.1. The second-order valence-electron chi connectivity index (χ2n) is 8.12. The molecule has 2 aliphatic rings. The largest absolute Gasteiger partial charge is 0.378 e. The summed E-state index contributed by atoms with van der Waals surface area (Å²) in [6.45, 7) is 8.47. The Morgan fingerprint density at radius 3 is 2.50 bits per heavy atom. The van der Waals surface area contributed by atoms with Gasteiger partial charge in [0, 0.05) is 45.2 Å². The van der Waals surface area contributed by atoms with Crippen molar-refractivity contribution in [3.63, 3.8) is 0 Å². The molecule has 0 radical (unpaired) electrons. The zero-order valence-corrected chi connectivity index (χ0v) is 21.5. The van der Waals surface area contributed by atoms with Gasteiger partial charge in [-0.15, -0.1) is 24.0 Å². The zero-order chi connectivity index (χ0) is 21.0. The van der Waals surface area contributed by atoms with E-state index in [1.165, 1.54) is 11.1 Å². The minimum atomic E-state index is -3.27. The van der Waals surface area contributed by atoms with E-state index in [0.29, 0.717) is 38.1 Å². The molecule has 3 rings (SSSR count). The Kier molecular flexibility index (Phi) is 9.38. The molecule has 1 aliphatic heterocycles. The SMILES string of the molecule is CN=C(NC1CC1c1ccccc1C)N1CCN(S(=O)(=O)CCOC(C)C)CC1.I. The molecule has 1 aromatic carbocycles. The number of sulfonamides is 1. The Morgan fingerprint density at radius 1 is 1.23 bits per heavy atom. The number of hydrogen-bond donors (Lipinski definition) is 1. The van der Waals surface area contributed by atoms with Crippen molar-refractivity contribution >= 4 is 40.0 Å². The molecule has 170 valence electrons. The molecule has 1 heterocycles. The highest BCUT2D eigenvalue weighted by molar-refractivity contribution is 14.0. The maximum Gasteiger partial charge on any atom is 0.216 e. The third-order valence-electron chi connectivity index (χ3n) is 5.63. The van der Waals surface area contributed by atoms with Gasteiger partial charge < -0.3 is 15.0 Å². The van der Waals surface area contributed by atoms with E-state index in [1.807, 2.05) is 13.8 Å². The molecular weight excluding hydrogens is 515 g/mol. The average Bonchev–Trinajstić information content (AvgIpc) is 3.45. The summed E-state index contributed by atoms with van der Waals surface area (Å²) >= 11 is 0. The van der Waals surface area contributed by atoms with Crippen LogP contribution in [0.15, 0.2) is 29.3 Å². The van der Waals surface area contributed by atoms with Crippen LogP contribution in [-0.4, -0.2) is 81.3 Å². The Bertz CT molecular complexity index is 823. The number of ether oxygens (including phenoxy) is 1. The lowest BCUT2D eigenvalue weighted by Gasteiger charge is -2.36. The van der Waals surface area contributed by atoms with Crippen LogP contribution < -0.4 is 5.32 Å². The number of piperazine rings is 1. The van der Waals surface area contributed by atoms with Gasteiger partial charge in [-0.3, -0.25) is 4.99 Å². The Balaban J connectivity index is 0.00000320. The van der Waals surface area contributed by atoms with E-state index >= 15 is 0 Å². The van der Waals surface area contributed by atoms with Crippen LogP contribution in [0.3, 0.4) is 0 Å². The molecular formula is C21H35IN4O3S. The summed E-state index contributed by atoms with van der Waals surface area (Å²) in [5, 5.41) is 3.57. The molecule has 9 heteroatoms. The lowest BCUT2D eigenvalue weighted by molar-refractivity contribution is 0.0904. The number of hydrogen-bond acceptors (Lipinski definition) is 4. The number of nitrogens with zero attached hydrogens (tertiary/aromatic N) is 3. The second-order valence-corrected chi connectivity index (χ2v) is 10.2. The number of aliphatic imine (C=N–C) groups is 1. The Hall–Kier alpha value is -0.910. The number of rotatable bonds is 7. The number of halogens is 1. The van der Waals surface area contributed by atoms with Crippen molar-refractivity contribution < 1.29 is 13.2 Å². The standard InChI is InChI=1S/C21H34N4O3S.HI/c1-16(2)28-13-14-29(26,27)25-11-9-24(10-12-25)21(22-4)23-20-15-19(20)18-8-6-5-7-17(18)3;/h5-8,16,19-20H,9-15H2,1-4H3,(H,22,23);1H. The number of aryl methyl sites for hydroxylation is 1. The summed E-state index contributed by atoms with van der Waals surface area (Å²) in [4.78, 5) is 6.60. The van der Waals surface area contributed by atoms with Crippen LogP contribution in [-0.2, 0) is 14.8 Å². The van der Waals surface area contributed by atoms with Crippen LogP contribution in [0.1, 0.15) is 37.3 Å².